The number of hydrogen-bond donors (Lipinski definition) is 0. The summed E-state index contributed by atoms with van der Waals surface area (Å²) < 4.78 is 6.41. The lowest BCUT2D eigenvalue weighted by molar-refractivity contribution is -0.129. The molecule has 2 aromatic rings. The van der Waals surface area contributed by atoms with E-state index in [0.29, 0.717) is 23.9 Å². The lowest BCUT2D eigenvalue weighted by Crippen LogP contribution is -2.47. The van der Waals surface area contributed by atoms with E-state index in [9.17, 15) is 10.1 Å². The molecular weight excluding hydrogens is 450 g/mol. The van der Waals surface area contributed by atoms with Gasteiger partial charge in [-0.2, -0.15) is 5.26 Å². The van der Waals surface area contributed by atoms with Crippen LogP contribution in [0.1, 0.15) is 23.5 Å². The number of allylic oxidation sites excluding steroid dienone is 1. The van der Waals surface area contributed by atoms with E-state index in [2.05, 4.69) is 58.1 Å². The van der Waals surface area contributed by atoms with Gasteiger partial charge in [-0.25, -0.2) is 0 Å². The molecule has 0 saturated carbocycles. The zero-order chi connectivity index (χ0) is 20.5. The number of hydrogen-bond acceptors (Lipinski definition) is 5. The van der Waals surface area contributed by atoms with Gasteiger partial charge in [0.1, 0.15) is 5.75 Å². The van der Waals surface area contributed by atoms with E-state index in [1.54, 1.807) is 23.8 Å². The summed E-state index contributed by atoms with van der Waals surface area (Å²) in [6.45, 7) is 2.51. The number of carbonyl (C=O) groups excluding carboxylic acids is 1. The van der Waals surface area contributed by atoms with Gasteiger partial charge in [0.2, 0.25) is 5.91 Å². The van der Waals surface area contributed by atoms with Gasteiger partial charge in [-0.15, -0.1) is 0 Å². The van der Waals surface area contributed by atoms with E-state index >= 15 is 0 Å². The minimum Gasteiger partial charge on any atom is -0.496 e. The summed E-state index contributed by atoms with van der Waals surface area (Å²) in [5.41, 5.74) is 3.77. The fourth-order valence-electron chi connectivity index (χ4n) is 3.72. The summed E-state index contributed by atoms with van der Waals surface area (Å²) >= 11 is 5.04. The number of thioether (sulfide) groups is 1. The molecular formula is C22H20BrN3O2S. The van der Waals surface area contributed by atoms with E-state index in [4.69, 9.17) is 4.74 Å². The number of benzene rings is 2. The standard InChI is InChI=1S/C22H20BrN3O2S/c1-14-3-6-16(7-4-14)25-12-26-21(27)10-17(19(11-24)22(26)29-13-25)18-9-15(23)5-8-20(18)28-2/h3-9,17H,10,12-13H2,1-2H3/t17-/m1/s1. The average Bonchev–Trinajstić information content (AvgIpc) is 2.74. The molecule has 0 unspecified atom stereocenters. The van der Waals surface area contributed by atoms with Crippen LogP contribution in [0.2, 0.25) is 0 Å². The van der Waals surface area contributed by atoms with Gasteiger partial charge in [0.15, 0.2) is 0 Å². The van der Waals surface area contributed by atoms with Crippen LogP contribution in [-0.2, 0) is 4.79 Å². The highest BCUT2D eigenvalue weighted by Gasteiger charge is 2.39. The first-order valence-electron chi connectivity index (χ1n) is 9.24. The zero-order valence-electron chi connectivity index (χ0n) is 16.2. The Hall–Kier alpha value is -2.43. The van der Waals surface area contributed by atoms with Crippen molar-refractivity contribution >= 4 is 39.3 Å². The highest BCUT2D eigenvalue weighted by Crippen LogP contribution is 2.45. The fourth-order valence-corrected chi connectivity index (χ4v) is 5.27. The average molecular weight is 470 g/mol. The molecule has 2 aliphatic heterocycles. The summed E-state index contributed by atoms with van der Waals surface area (Å²) in [6, 6.07) is 16.4. The molecule has 0 N–H and O–H groups in total. The van der Waals surface area contributed by atoms with Crippen molar-refractivity contribution < 1.29 is 9.53 Å². The second kappa shape index (κ2) is 8.13. The quantitative estimate of drug-likeness (QED) is 0.633. The Bertz CT molecular complexity index is 1030. The second-order valence-electron chi connectivity index (χ2n) is 7.09. The predicted octanol–water partition coefficient (Wildman–Crippen LogP) is 4.99. The van der Waals surface area contributed by atoms with Crippen LogP contribution in [0.15, 0.2) is 57.5 Å². The number of fused-ring (bicyclic) bond motifs is 1. The molecule has 1 atom stereocenters. The van der Waals surface area contributed by atoms with Crippen molar-refractivity contribution in [1.82, 2.24) is 4.90 Å². The van der Waals surface area contributed by atoms with Crippen LogP contribution in [0.3, 0.4) is 0 Å². The number of anilines is 1. The minimum atomic E-state index is -0.301. The summed E-state index contributed by atoms with van der Waals surface area (Å²) in [4.78, 5) is 17.0. The van der Waals surface area contributed by atoms with Crippen molar-refractivity contribution in [3.8, 4) is 11.8 Å². The number of amides is 1. The molecule has 0 radical (unpaired) electrons. The number of carbonyl (C=O) groups is 1. The molecule has 2 heterocycles. The molecule has 0 aromatic heterocycles. The Morgan fingerprint density at radius 1 is 1.24 bits per heavy atom. The molecule has 4 rings (SSSR count). The molecule has 0 bridgehead atoms. The van der Waals surface area contributed by atoms with E-state index in [0.717, 1.165) is 20.8 Å². The highest BCUT2D eigenvalue weighted by atomic mass is 79.9. The van der Waals surface area contributed by atoms with Crippen LogP contribution in [0.25, 0.3) is 0 Å². The van der Waals surface area contributed by atoms with Crippen LogP contribution in [0, 0.1) is 18.3 Å². The van der Waals surface area contributed by atoms with Crippen LogP contribution < -0.4 is 9.64 Å². The van der Waals surface area contributed by atoms with E-state index < -0.39 is 0 Å². The zero-order valence-corrected chi connectivity index (χ0v) is 18.6. The molecule has 1 saturated heterocycles. The fraction of sp³-hybridized carbons (Fsp3) is 0.273. The Kier molecular flexibility index (Phi) is 5.57. The predicted molar refractivity (Wildman–Crippen MR) is 119 cm³/mol. The van der Waals surface area contributed by atoms with Crippen LogP contribution in [-0.4, -0.2) is 30.5 Å². The van der Waals surface area contributed by atoms with Gasteiger partial charge >= 0.3 is 0 Å². The number of rotatable bonds is 3. The number of halogens is 1. The van der Waals surface area contributed by atoms with E-state index in [-0.39, 0.29) is 18.2 Å². The third-order valence-corrected chi connectivity index (χ3v) is 6.91. The van der Waals surface area contributed by atoms with Crippen molar-refractivity contribution in [2.75, 3.05) is 24.6 Å². The molecule has 1 fully saturated rings. The Labute approximate surface area is 183 Å². The van der Waals surface area contributed by atoms with Gasteiger partial charge < -0.3 is 9.64 Å². The normalized spacial score (nSPS) is 19.1. The second-order valence-corrected chi connectivity index (χ2v) is 8.93. The summed E-state index contributed by atoms with van der Waals surface area (Å²) in [5, 5.41) is 10.7. The molecule has 0 spiro atoms. The molecule has 148 valence electrons. The smallest absolute Gasteiger partial charge is 0.229 e. The molecule has 29 heavy (non-hydrogen) atoms. The van der Waals surface area contributed by atoms with Gasteiger partial charge in [0.25, 0.3) is 0 Å². The molecule has 2 aliphatic rings. The first-order valence-corrected chi connectivity index (χ1v) is 11.0. The molecule has 2 aromatic carbocycles. The largest absolute Gasteiger partial charge is 0.496 e. The minimum absolute atomic E-state index is 0.0235. The van der Waals surface area contributed by atoms with Crippen molar-refractivity contribution in [2.45, 2.75) is 19.3 Å². The number of ether oxygens (including phenoxy) is 1. The van der Waals surface area contributed by atoms with Crippen molar-refractivity contribution in [3.05, 3.63) is 68.7 Å². The topological polar surface area (TPSA) is 56.6 Å². The summed E-state index contributed by atoms with van der Waals surface area (Å²) in [5.74, 6) is 1.10. The molecule has 7 heteroatoms. The summed E-state index contributed by atoms with van der Waals surface area (Å²) in [7, 11) is 1.61. The van der Waals surface area contributed by atoms with Crippen molar-refractivity contribution in [2.24, 2.45) is 0 Å². The maximum absolute atomic E-state index is 13.1. The Morgan fingerprint density at radius 3 is 2.69 bits per heavy atom. The number of nitrogens with zero attached hydrogens (tertiary/aromatic N) is 3. The molecule has 5 nitrogen and oxygen atoms in total. The highest BCUT2D eigenvalue weighted by molar-refractivity contribution is 9.10. The van der Waals surface area contributed by atoms with Gasteiger partial charge in [-0.05, 0) is 37.3 Å². The number of aryl methyl sites for hydroxylation is 1. The van der Waals surface area contributed by atoms with Crippen LogP contribution in [0.5, 0.6) is 5.75 Å². The van der Waals surface area contributed by atoms with Crippen molar-refractivity contribution in [1.29, 1.82) is 5.26 Å². The van der Waals surface area contributed by atoms with E-state index in [1.165, 1.54) is 5.56 Å². The first-order chi connectivity index (χ1) is 14.0. The Balaban J connectivity index is 1.70. The maximum atomic E-state index is 13.1. The van der Waals surface area contributed by atoms with Crippen molar-refractivity contribution in [3.63, 3.8) is 0 Å². The number of nitriles is 1. The van der Waals surface area contributed by atoms with E-state index in [1.807, 2.05) is 18.2 Å². The lowest BCUT2D eigenvalue weighted by Gasteiger charge is -2.42. The van der Waals surface area contributed by atoms with Crippen LogP contribution in [0.4, 0.5) is 5.69 Å². The lowest BCUT2D eigenvalue weighted by atomic mass is 9.86. The van der Waals surface area contributed by atoms with Gasteiger partial charge in [0, 0.05) is 28.1 Å². The van der Waals surface area contributed by atoms with Gasteiger partial charge in [-0.3, -0.25) is 9.69 Å². The first kappa shape index (κ1) is 19.9. The van der Waals surface area contributed by atoms with Gasteiger partial charge in [-0.1, -0.05) is 45.4 Å². The Morgan fingerprint density at radius 2 is 2.00 bits per heavy atom. The number of methoxy groups -OCH3 is 1. The maximum Gasteiger partial charge on any atom is 0.229 e. The SMILES string of the molecule is COc1ccc(Br)cc1[C@H]1CC(=O)N2CN(c3ccc(C)cc3)CSC2=C1C#N. The molecule has 1 amide bonds. The summed E-state index contributed by atoms with van der Waals surface area (Å²) in [6.07, 6.45) is 0.251. The monoisotopic (exact) mass is 469 g/mol. The van der Waals surface area contributed by atoms with Crippen LogP contribution >= 0.6 is 27.7 Å². The molecule has 0 aliphatic carbocycles. The van der Waals surface area contributed by atoms with Gasteiger partial charge in [0.05, 0.1) is 36.3 Å². The third kappa shape index (κ3) is 3.75. The third-order valence-electron chi connectivity index (χ3n) is 5.26.